The van der Waals surface area contributed by atoms with Crippen LogP contribution in [0, 0.1) is 0 Å². The van der Waals surface area contributed by atoms with E-state index >= 15 is 0 Å². The first-order chi connectivity index (χ1) is 16.5. The van der Waals surface area contributed by atoms with Crippen LogP contribution in [0.25, 0.3) is 0 Å². The van der Waals surface area contributed by atoms with E-state index in [0.717, 1.165) is 11.1 Å². The van der Waals surface area contributed by atoms with Gasteiger partial charge in [0.15, 0.2) is 0 Å². The van der Waals surface area contributed by atoms with Gasteiger partial charge in [-0.05, 0) is 35.4 Å². The first-order valence-corrected chi connectivity index (χ1v) is 12.2. The number of rotatable bonds is 10. The number of aromatic nitrogens is 2. The summed E-state index contributed by atoms with van der Waals surface area (Å²) in [6.45, 7) is 0.811. The van der Waals surface area contributed by atoms with Crippen LogP contribution in [-0.2, 0) is 34.5 Å². The molecule has 1 aliphatic heterocycles. The maximum Gasteiger partial charge on any atom is 0.247 e. The molecule has 0 bridgehead atoms. The van der Waals surface area contributed by atoms with E-state index in [1.54, 1.807) is 38.5 Å². The number of aliphatic hydroxyl groups is 1. The fourth-order valence-corrected chi connectivity index (χ4v) is 5.30. The molecular formula is C23H28N4O6S. The fraction of sp³-hybridized carbons (Fsp3) is 0.348. The van der Waals surface area contributed by atoms with Gasteiger partial charge in [0.25, 0.3) is 0 Å². The van der Waals surface area contributed by atoms with Crippen molar-refractivity contribution in [2.75, 3.05) is 27.4 Å². The molecule has 0 spiro atoms. The van der Waals surface area contributed by atoms with Crippen LogP contribution in [0.3, 0.4) is 0 Å². The summed E-state index contributed by atoms with van der Waals surface area (Å²) in [5.74, 6) is 1.36. The summed E-state index contributed by atoms with van der Waals surface area (Å²) in [7, 11) is -0.884. The smallest absolute Gasteiger partial charge is 0.247 e. The number of sulfonamides is 1. The third-order valence-corrected chi connectivity index (χ3v) is 7.42. The van der Waals surface area contributed by atoms with Gasteiger partial charge in [-0.25, -0.2) is 13.1 Å². The Balaban J connectivity index is 1.69. The minimum absolute atomic E-state index is 0.0608. The predicted molar refractivity (Wildman–Crippen MR) is 124 cm³/mol. The van der Waals surface area contributed by atoms with Crippen LogP contribution >= 0.6 is 0 Å². The van der Waals surface area contributed by atoms with Crippen molar-refractivity contribution in [1.82, 2.24) is 19.4 Å². The van der Waals surface area contributed by atoms with E-state index < -0.39 is 23.0 Å². The van der Waals surface area contributed by atoms with E-state index in [0.29, 0.717) is 24.7 Å². The molecule has 2 N–H and O–H groups in total. The van der Waals surface area contributed by atoms with Crippen molar-refractivity contribution < 1.29 is 27.7 Å². The molecule has 0 amide bonds. The molecule has 1 aromatic heterocycles. The number of aliphatic hydroxyl groups excluding tert-OH is 1. The monoisotopic (exact) mass is 488 g/mol. The third kappa shape index (κ3) is 5.08. The number of methoxy groups -OCH3 is 2. The highest BCUT2D eigenvalue weighted by Crippen LogP contribution is 2.27. The van der Waals surface area contributed by atoms with Gasteiger partial charge in [-0.3, -0.25) is 5.32 Å². The van der Waals surface area contributed by atoms with E-state index in [1.165, 1.54) is 15.2 Å². The summed E-state index contributed by atoms with van der Waals surface area (Å²) in [5, 5.41) is 17.3. The van der Waals surface area contributed by atoms with E-state index in [-0.39, 0.29) is 23.7 Å². The number of benzene rings is 2. The molecule has 182 valence electrons. The number of nitrogens with one attached hydrogen (secondary N) is 1. The fourth-order valence-electron chi connectivity index (χ4n) is 3.74. The van der Waals surface area contributed by atoms with E-state index in [1.807, 2.05) is 24.3 Å². The predicted octanol–water partition coefficient (Wildman–Crippen LogP) is 1.86. The van der Waals surface area contributed by atoms with Gasteiger partial charge in [0.1, 0.15) is 16.4 Å². The molecule has 0 aliphatic carbocycles. The van der Waals surface area contributed by atoms with Gasteiger partial charge in [0.2, 0.25) is 16.4 Å². The lowest BCUT2D eigenvalue weighted by Crippen LogP contribution is -2.31. The second-order valence-electron chi connectivity index (χ2n) is 7.70. The molecule has 0 radical (unpaired) electrons. The van der Waals surface area contributed by atoms with Gasteiger partial charge in [-0.15, -0.1) is 0 Å². The lowest BCUT2D eigenvalue weighted by molar-refractivity contribution is 0.0287. The third-order valence-electron chi connectivity index (χ3n) is 5.58. The van der Waals surface area contributed by atoms with Gasteiger partial charge < -0.3 is 19.3 Å². The first kappa shape index (κ1) is 24.2. The van der Waals surface area contributed by atoms with Gasteiger partial charge in [-0.2, -0.15) is 9.40 Å². The molecule has 1 saturated heterocycles. The molecule has 1 atom stereocenters. The minimum Gasteiger partial charge on any atom is -0.497 e. The van der Waals surface area contributed by atoms with Gasteiger partial charge in [0.05, 0.1) is 39.3 Å². The highest BCUT2D eigenvalue weighted by molar-refractivity contribution is 7.89. The number of nitrogens with zero attached hydrogens (tertiary/aromatic N) is 3. The maximum absolute atomic E-state index is 13.8. The maximum atomic E-state index is 13.8. The SMILES string of the molecule is COc1ccc(CN(Cc2ccc(OC)cc2)S(=O)(=O)c2cnn(C3NCCO3)c2CO)cc1. The Bertz CT molecular complexity index is 1140. The second-order valence-corrected chi connectivity index (χ2v) is 9.61. The Morgan fingerprint density at radius 1 is 1.06 bits per heavy atom. The zero-order valence-corrected chi connectivity index (χ0v) is 19.9. The average molecular weight is 489 g/mol. The van der Waals surface area contributed by atoms with Crippen LogP contribution < -0.4 is 14.8 Å². The average Bonchev–Trinajstić information content (AvgIpc) is 3.54. The molecule has 2 heterocycles. The van der Waals surface area contributed by atoms with Gasteiger partial charge in [0, 0.05) is 19.6 Å². The minimum atomic E-state index is -4.04. The highest BCUT2D eigenvalue weighted by atomic mass is 32.2. The van der Waals surface area contributed by atoms with Crippen LogP contribution in [0.5, 0.6) is 11.5 Å². The van der Waals surface area contributed by atoms with Crippen molar-refractivity contribution >= 4 is 10.0 Å². The summed E-state index contributed by atoms with van der Waals surface area (Å²) in [6.07, 6.45) is 0.641. The molecule has 1 aliphatic rings. The Kier molecular flexibility index (Phi) is 7.49. The standard InChI is InChI=1S/C23H28N4O6S/c1-31-19-7-3-17(4-8-19)14-26(15-18-5-9-20(32-2)10-6-18)34(29,30)22-13-25-27(21(22)16-28)23-24-11-12-33-23/h3-10,13,23-24,28H,11-12,14-16H2,1-2H3. The van der Waals surface area contributed by atoms with Gasteiger partial charge in [-0.1, -0.05) is 24.3 Å². The summed E-state index contributed by atoms with van der Waals surface area (Å²) in [4.78, 5) is -0.0608. The Morgan fingerprint density at radius 2 is 1.62 bits per heavy atom. The highest BCUT2D eigenvalue weighted by Gasteiger charge is 2.32. The summed E-state index contributed by atoms with van der Waals surface area (Å²) < 4.78 is 46.4. The molecule has 4 rings (SSSR count). The van der Waals surface area contributed by atoms with E-state index in [2.05, 4.69) is 10.4 Å². The molecule has 34 heavy (non-hydrogen) atoms. The van der Waals surface area contributed by atoms with Crippen molar-refractivity contribution in [3.8, 4) is 11.5 Å². The molecule has 1 fully saturated rings. The molecule has 10 nitrogen and oxygen atoms in total. The van der Waals surface area contributed by atoms with Crippen molar-refractivity contribution in [2.24, 2.45) is 0 Å². The molecule has 11 heteroatoms. The second kappa shape index (κ2) is 10.5. The van der Waals surface area contributed by atoms with Crippen molar-refractivity contribution in [2.45, 2.75) is 30.9 Å². The number of hydrogen-bond donors (Lipinski definition) is 2. The Labute approximate surface area is 198 Å². The van der Waals surface area contributed by atoms with E-state index in [9.17, 15) is 13.5 Å². The molecule has 0 saturated carbocycles. The largest absolute Gasteiger partial charge is 0.497 e. The van der Waals surface area contributed by atoms with Gasteiger partial charge >= 0.3 is 0 Å². The zero-order valence-electron chi connectivity index (χ0n) is 19.0. The zero-order chi connectivity index (χ0) is 24.1. The normalized spacial score (nSPS) is 16.2. The first-order valence-electron chi connectivity index (χ1n) is 10.7. The van der Waals surface area contributed by atoms with E-state index in [4.69, 9.17) is 14.2 Å². The van der Waals surface area contributed by atoms with Crippen molar-refractivity contribution in [1.29, 1.82) is 0 Å². The van der Waals surface area contributed by atoms with Crippen molar-refractivity contribution in [3.63, 3.8) is 0 Å². The van der Waals surface area contributed by atoms with Crippen LogP contribution in [0.2, 0.25) is 0 Å². The molecule has 1 unspecified atom stereocenters. The topological polar surface area (TPSA) is 115 Å². The van der Waals surface area contributed by atoms with Crippen LogP contribution in [0.15, 0.2) is 59.6 Å². The Hall–Kier alpha value is -2.96. The van der Waals surface area contributed by atoms with Crippen LogP contribution in [-0.4, -0.2) is 55.0 Å². The molecule has 2 aromatic carbocycles. The quantitative estimate of drug-likeness (QED) is 0.444. The van der Waals surface area contributed by atoms with Crippen LogP contribution in [0.4, 0.5) is 0 Å². The number of ether oxygens (including phenoxy) is 3. The Morgan fingerprint density at radius 3 is 2.06 bits per heavy atom. The molecular weight excluding hydrogens is 460 g/mol. The lowest BCUT2D eigenvalue weighted by atomic mass is 10.2. The van der Waals surface area contributed by atoms with Crippen molar-refractivity contribution in [3.05, 3.63) is 71.5 Å². The molecule has 3 aromatic rings. The number of hydrogen-bond acceptors (Lipinski definition) is 8. The van der Waals surface area contributed by atoms with Crippen LogP contribution in [0.1, 0.15) is 23.2 Å². The summed E-state index contributed by atoms with van der Waals surface area (Å²) in [5.41, 5.74) is 1.74. The lowest BCUT2D eigenvalue weighted by Gasteiger charge is -2.23. The summed E-state index contributed by atoms with van der Waals surface area (Å²) in [6, 6.07) is 14.4. The summed E-state index contributed by atoms with van der Waals surface area (Å²) >= 11 is 0.